The first-order valence-electron chi connectivity index (χ1n) is 24.1. The molecule has 0 saturated carbocycles. The van der Waals surface area contributed by atoms with Crippen LogP contribution in [0.4, 0.5) is 23.0 Å². The summed E-state index contributed by atoms with van der Waals surface area (Å²) in [6, 6.07) is 64.7. The molecule has 0 unspecified atom stereocenters. The molecule has 0 radical (unpaired) electrons. The molecular weight excluding hydrogens is 857 g/mol. The van der Waals surface area contributed by atoms with Crippen molar-refractivity contribution in [2.24, 2.45) is 0 Å². The summed E-state index contributed by atoms with van der Waals surface area (Å²) in [7, 11) is 0. The van der Waals surface area contributed by atoms with Gasteiger partial charge in [0.1, 0.15) is 5.82 Å². The Hall–Kier alpha value is -8.48. The Labute approximate surface area is 410 Å². The van der Waals surface area contributed by atoms with Crippen molar-refractivity contribution in [3.63, 3.8) is 0 Å². The van der Waals surface area contributed by atoms with Crippen LogP contribution < -0.4 is 9.80 Å². The van der Waals surface area contributed by atoms with Crippen molar-refractivity contribution in [1.29, 1.82) is 0 Å². The van der Waals surface area contributed by atoms with E-state index in [-0.39, 0.29) is 29.0 Å². The van der Waals surface area contributed by atoms with Gasteiger partial charge in [0.25, 0.3) is 0 Å². The predicted molar refractivity (Wildman–Crippen MR) is 287 cm³/mol. The number of aromatic nitrogens is 2. The molecule has 0 saturated heterocycles. The number of anilines is 4. The number of aryl methyl sites for hydroxylation is 1. The fraction of sp³-hybridized carbons (Fsp3) is 0.125. The maximum absolute atomic E-state index is 14.3. The average molecular weight is 909 g/mol. The van der Waals surface area contributed by atoms with E-state index in [1.165, 1.54) is 0 Å². The highest BCUT2D eigenvalue weighted by atomic mass is 16.2. The fourth-order valence-corrected chi connectivity index (χ4v) is 10.2. The lowest BCUT2D eigenvalue weighted by Crippen LogP contribution is -2.26. The second-order valence-corrected chi connectivity index (χ2v) is 19.0. The van der Waals surface area contributed by atoms with Crippen LogP contribution in [-0.2, 0) is 0 Å². The van der Waals surface area contributed by atoms with Gasteiger partial charge in [-0.15, -0.1) is 0 Å². The summed E-state index contributed by atoms with van der Waals surface area (Å²) in [4.78, 5) is 44.4. The number of benzene rings is 8. The van der Waals surface area contributed by atoms with Crippen LogP contribution in [0.25, 0.3) is 55.5 Å². The number of hydrogen-bond acceptors (Lipinski definition) is 6. The van der Waals surface area contributed by atoms with Crippen LogP contribution in [0.1, 0.15) is 83.9 Å². The molecule has 1 aliphatic carbocycles. The van der Waals surface area contributed by atoms with Crippen molar-refractivity contribution in [2.75, 3.05) is 9.80 Å². The zero-order valence-corrected chi connectivity index (χ0v) is 40.2. The first kappa shape index (κ1) is 44.1. The van der Waals surface area contributed by atoms with Gasteiger partial charge in [-0.1, -0.05) is 191 Å². The van der Waals surface area contributed by atoms with Gasteiger partial charge in [-0.3, -0.25) is 19.4 Å². The van der Waals surface area contributed by atoms with Gasteiger partial charge in [0.05, 0.1) is 28.0 Å². The molecule has 6 nitrogen and oxygen atoms in total. The van der Waals surface area contributed by atoms with Crippen LogP contribution in [-0.4, -0.2) is 21.5 Å². The number of fused-ring (bicyclic) bond motifs is 3. The smallest absolute Gasteiger partial charge is 0.197 e. The van der Waals surface area contributed by atoms with E-state index in [1.54, 1.807) is 18.2 Å². The molecule has 70 heavy (non-hydrogen) atoms. The molecule has 0 atom stereocenters. The molecule has 6 heteroatoms. The highest BCUT2D eigenvalue weighted by Crippen LogP contribution is 2.56. The van der Waals surface area contributed by atoms with E-state index in [4.69, 9.17) is 9.97 Å². The van der Waals surface area contributed by atoms with Crippen LogP contribution >= 0.6 is 0 Å². The Morgan fingerprint density at radius 1 is 0.443 bits per heavy atom. The van der Waals surface area contributed by atoms with E-state index < -0.39 is 0 Å². The number of hydrogen-bond donors (Lipinski definition) is 0. The number of nitrogens with zero attached hydrogens (tertiary/aromatic N) is 4. The van der Waals surface area contributed by atoms with Crippen LogP contribution in [0.3, 0.4) is 0 Å². The first-order chi connectivity index (χ1) is 34.0. The summed E-state index contributed by atoms with van der Waals surface area (Å²) in [6.45, 7) is 13.1. The van der Waals surface area contributed by atoms with Crippen LogP contribution in [0.5, 0.6) is 0 Å². The number of allylic oxidation sites excluding steroid dienone is 3. The quantitative estimate of drug-likeness (QED) is 0.106. The maximum Gasteiger partial charge on any atom is 0.197 e. The Morgan fingerprint density at radius 3 is 1.27 bits per heavy atom. The molecule has 2 aliphatic rings. The topological polar surface area (TPSA) is 66.4 Å². The van der Waals surface area contributed by atoms with E-state index in [1.807, 2.05) is 55.5 Å². The fourth-order valence-electron chi connectivity index (χ4n) is 10.2. The lowest BCUT2D eigenvalue weighted by Gasteiger charge is -2.33. The minimum atomic E-state index is -0.282. The molecule has 0 fully saturated rings. The van der Waals surface area contributed by atoms with Gasteiger partial charge >= 0.3 is 0 Å². The lowest BCUT2D eigenvalue weighted by atomic mass is 9.90. The number of para-hydroxylation sites is 3. The van der Waals surface area contributed by atoms with E-state index in [2.05, 4.69) is 172 Å². The molecule has 9 aromatic rings. The number of ketones is 2. The normalized spacial score (nSPS) is 14.0. The number of Topliss-reactive ketones (excluding diaryl/α,β-unsaturated/α-hetero) is 2. The molecule has 0 amide bonds. The number of carbonyl (C=O) groups is 2. The number of rotatable bonds is 9. The summed E-state index contributed by atoms with van der Waals surface area (Å²) in [5, 5.41) is 0. The maximum atomic E-state index is 14.3. The summed E-state index contributed by atoms with van der Waals surface area (Å²) in [5.41, 5.74) is 17.0. The highest BCUT2D eigenvalue weighted by Gasteiger charge is 2.43. The van der Waals surface area contributed by atoms with Gasteiger partial charge in [-0.2, -0.15) is 0 Å². The molecule has 1 aromatic heterocycles. The van der Waals surface area contributed by atoms with E-state index in [0.29, 0.717) is 28.3 Å². The Bertz CT molecular complexity index is 3420. The van der Waals surface area contributed by atoms with Crippen molar-refractivity contribution in [1.82, 2.24) is 9.97 Å². The second-order valence-electron chi connectivity index (χ2n) is 19.0. The SMILES string of the molecule is C/C(C=C1C(=O)c2ccccc2C1=O)=C1\N(c2c(-c3ccc(-c4ccccc4)cc3)cc(C)cc2-c2ccc(-c3ccccc3)cc2)c2nc3ccccc3nc2N1c1c(C(C)C)cccc1C(C)C. The summed E-state index contributed by atoms with van der Waals surface area (Å²) in [5.74, 6) is 1.72. The highest BCUT2D eigenvalue weighted by molar-refractivity contribution is 6.39. The predicted octanol–water partition coefficient (Wildman–Crippen LogP) is 16.4. The van der Waals surface area contributed by atoms with Gasteiger partial charge in [0.2, 0.25) is 0 Å². The van der Waals surface area contributed by atoms with Gasteiger partial charge in [-0.25, -0.2) is 9.97 Å². The van der Waals surface area contributed by atoms with Crippen molar-refractivity contribution in [3.8, 4) is 44.5 Å². The standard InChI is InChI=1S/C64H52N4O2/c1-39(2)49-24-17-25-50(40(3)4)58(49)67-62-63(66-57-27-16-15-26-56(57)65-62)68(64(67)42(6)38-55-60(69)51-22-13-14-23-52(51)61(55)70)59-53(47-32-28-45(29-33-47)43-18-9-7-10-19-43)36-41(5)37-54(59)48-34-30-46(31-35-48)44-20-11-8-12-21-44/h7-40H,1-6H3/b64-42+. The molecule has 0 bridgehead atoms. The molecule has 340 valence electrons. The Morgan fingerprint density at radius 2 is 0.829 bits per heavy atom. The molecule has 0 N–H and O–H groups in total. The second kappa shape index (κ2) is 17.9. The third kappa shape index (κ3) is 7.62. The molecule has 11 rings (SSSR count). The van der Waals surface area contributed by atoms with Gasteiger partial charge in [-0.05, 0) is 112 Å². The molecular formula is C64H52N4O2. The van der Waals surface area contributed by atoms with Crippen molar-refractivity contribution < 1.29 is 9.59 Å². The lowest BCUT2D eigenvalue weighted by molar-refractivity contribution is 0.0988. The van der Waals surface area contributed by atoms with E-state index in [9.17, 15) is 9.59 Å². The molecule has 0 spiro atoms. The molecule has 1 aliphatic heterocycles. The third-order valence-electron chi connectivity index (χ3n) is 13.7. The van der Waals surface area contributed by atoms with Crippen molar-refractivity contribution >= 4 is 45.6 Å². The zero-order chi connectivity index (χ0) is 48.2. The minimum absolute atomic E-state index is 0.128. The first-order valence-corrected chi connectivity index (χ1v) is 24.1. The summed E-state index contributed by atoms with van der Waals surface area (Å²) in [6.07, 6.45) is 1.80. The van der Waals surface area contributed by atoms with Gasteiger partial charge in [0, 0.05) is 22.3 Å². The van der Waals surface area contributed by atoms with E-state index >= 15 is 0 Å². The monoisotopic (exact) mass is 908 g/mol. The largest absolute Gasteiger partial charge is 0.288 e. The van der Waals surface area contributed by atoms with Gasteiger partial charge < -0.3 is 0 Å². The van der Waals surface area contributed by atoms with Crippen molar-refractivity contribution in [3.05, 3.63) is 239 Å². The molecule has 8 aromatic carbocycles. The zero-order valence-electron chi connectivity index (χ0n) is 40.2. The van der Waals surface area contributed by atoms with Crippen LogP contribution in [0, 0.1) is 6.92 Å². The molecule has 2 heterocycles. The van der Waals surface area contributed by atoms with E-state index in [0.717, 1.165) is 89.4 Å². The van der Waals surface area contributed by atoms with Gasteiger partial charge in [0.15, 0.2) is 23.2 Å². The minimum Gasteiger partial charge on any atom is -0.288 e. The number of carbonyl (C=O) groups excluding carboxylic acids is 2. The van der Waals surface area contributed by atoms with Crippen LogP contribution in [0.2, 0.25) is 0 Å². The van der Waals surface area contributed by atoms with Crippen molar-refractivity contribution in [2.45, 2.75) is 53.4 Å². The van der Waals surface area contributed by atoms with Crippen LogP contribution in [0.15, 0.2) is 211 Å². The third-order valence-corrected chi connectivity index (χ3v) is 13.7. The Balaban J connectivity index is 1.26. The summed E-state index contributed by atoms with van der Waals surface area (Å²) < 4.78 is 0. The summed E-state index contributed by atoms with van der Waals surface area (Å²) >= 11 is 0. The Kier molecular flexibility index (Phi) is 11.2. The average Bonchev–Trinajstić information content (AvgIpc) is 3.84.